The molecule has 0 spiro atoms. The van der Waals surface area contributed by atoms with Crippen molar-refractivity contribution in [2.75, 3.05) is 13.2 Å². The molecule has 1 aromatic rings. The Hall–Kier alpha value is -1.43. The van der Waals surface area contributed by atoms with Gasteiger partial charge in [0.25, 0.3) is 0 Å². The molecule has 2 unspecified atom stereocenters. The van der Waals surface area contributed by atoms with Crippen LogP contribution in [0.2, 0.25) is 0 Å². The van der Waals surface area contributed by atoms with Crippen LogP contribution in [0.4, 0.5) is 0 Å². The van der Waals surface area contributed by atoms with Crippen molar-refractivity contribution in [3.8, 4) is 0 Å². The maximum atomic E-state index is 11.2. The van der Waals surface area contributed by atoms with Crippen LogP contribution in [0, 0.1) is 0 Å². The molecule has 20 heavy (non-hydrogen) atoms. The summed E-state index contributed by atoms with van der Waals surface area (Å²) >= 11 is 0. The summed E-state index contributed by atoms with van der Waals surface area (Å²) in [4.78, 5) is 13.6. The number of hydrazine groups is 1. The van der Waals surface area contributed by atoms with Crippen molar-refractivity contribution >= 4 is 5.91 Å². The second-order valence-electron chi connectivity index (χ2n) is 5.48. The molecule has 0 radical (unpaired) electrons. The van der Waals surface area contributed by atoms with Gasteiger partial charge in [-0.1, -0.05) is 24.3 Å². The fourth-order valence-electron chi connectivity index (χ4n) is 2.43. The predicted octanol–water partition coefficient (Wildman–Crippen LogP) is 0.828. The lowest BCUT2D eigenvalue weighted by atomic mass is 10.1. The molecule has 5 nitrogen and oxygen atoms in total. The Balaban J connectivity index is 1.94. The van der Waals surface area contributed by atoms with Gasteiger partial charge in [-0.3, -0.25) is 15.1 Å². The molecular formula is C15H23N3O2. The van der Waals surface area contributed by atoms with E-state index in [4.69, 9.17) is 10.6 Å². The van der Waals surface area contributed by atoms with Crippen molar-refractivity contribution in [2.24, 2.45) is 5.84 Å². The van der Waals surface area contributed by atoms with Crippen LogP contribution in [-0.4, -0.2) is 36.1 Å². The number of carbonyl (C=O) groups is 1. The molecule has 1 heterocycles. The number of nitrogens with zero attached hydrogens (tertiary/aromatic N) is 1. The zero-order valence-electron chi connectivity index (χ0n) is 12.1. The number of carbonyl (C=O) groups excluding carboxylic acids is 1. The van der Waals surface area contributed by atoms with Crippen LogP contribution in [0.25, 0.3) is 0 Å². The van der Waals surface area contributed by atoms with Crippen molar-refractivity contribution in [1.29, 1.82) is 0 Å². The van der Waals surface area contributed by atoms with Crippen molar-refractivity contribution in [1.82, 2.24) is 10.3 Å². The molecule has 110 valence electrons. The van der Waals surface area contributed by atoms with Crippen LogP contribution < -0.4 is 11.3 Å². The minimum Gasteiger partial charge on any atom is -0.376 e. The van der Waals surface area contributed by atoms with Gasteiger partial charge < -0.3 is 4.74 Å². The summed E-state index contributed by atoms with van der Waals surface area (Å²) < 4.78 is 5.64. The monoisotopic (exact) mass is 277 g/mol. The van der Waals surface area contributed by atoms with E-state index in [1.807, 2.05) is 12.1 Å². The van der Waals surface area contributed by atoms with E-state index in [0.29, 0.717) is 18.6 Å². The van der Waals surface area contributed by atoms with E-state index in [9.17, 15) is 4.79 Å². The Morgan fingerprint density at radius 2 is 2.00 bits per heavy atom. The number of morpholine rings is 1. The quantitative estimate of drug-likeness (QED) is 0.486. The standard InChI is InChI=1S/C15H23N3O2/c1-11-10-20-12(2)8-18(11)9-14-5-3-13(4-6-14)7-15(19)17-16/h3-6,11-12H,7-10,16H2,1-2H3,(H,17,19). The fraction of sp³-hybridized carbons (Fsp3) is 0.533. The predicted molar refractivity (Wildman–Crippen MR) is 77.8 cm³/mol. The Morgan fingerprint density at radius 3 is 2.65 bits per heavy atom. The minimum atomic E-state index is -0.173. The first-order valence-corrected chi connectivity index (χ1v) is 7.01. The largest absolute Gasteiger partial charge is 0.376 e. The maximum Gasteiger partial charge on any atom is 0.238 e. The van der Waals surface area contributed by atoms with Crippen LogP contribution in [0.15, 0.2) is 24.3 Å². The Bertz CT molecular complexity index is 447. The molecule has 1 aliphatic heterocycles. The van der Waals surface area contributed by atoms with Gasteiger partial charge in [-0.2, -0.15) is 0 Å². The van der Waals surface area contributed by atoms with Crippen molar-refractivity contribution in [2.45, 2.75) is 39.0 Å². The van der Waals surface area contributed by atoms with Crippen LogP contribution in [0.5, 0.6) is 0 Å². The van der Waals surface area contributed by atoms with Gasteiger partial charge in [0.15, 0.2) is 0 Å². The van der Waals surface area contributed by atoms with Crippen LogP contribution in [0.1, 0.15) is 25.0 Å². The van der Waals surface area contributed by atoms with Gasteiger partial charge in [0.1, 0.15) is 0 Å². The number of amides is 1. The van der Waals surface area contributed by atoms with Gasteiger partial charge >= 0.3 is 0 Å². The van der Waals surface area contributed by atoms with E-state index >= 15 is 0 Å². The Labute approximate surface area is 120 Å². The van der Waals surface area contributed by atoms with Crippen LogP contribution >= 0.6 is 0 Å². The smallest absolute Gasteiger partial charge is 0.238 e. The molecule has 1 aliphatic rings. The summed E-state index contributed by atoms with van der Waals surface area (Å²) in [5, 5.41) is 0. The van der Waals surface area contributed by atoms with E-state index in [2.05, 4.69) is 36.3 Å². The molecule has 0 saturated carbocycles. The number of hydrogen-bond donors (Lipinski definition) is 2. The van der Waals surface area contributed by atoms with Gasteiger partial charge in [0, 0.05) is 19.1 Å². The first kappa shape index (κ1) is 15.0. The highest BCUT2D eigenvalue weighted by molar-refractivity contribution is 5.77. The number of hydrogen-bond acceptors (Lipinski definition) is 4. The molecule has 2 atom stereocenters. The van der Waals surface area contributed by atoms with E-state index in [0.717, 1.165) is 25.3 Å². The lowest BCUT2D eigenvalue weighted by Crippen LogP contribution is -2.46. The lowest BCUT2D eigenvalue weighted by molar-refractivity contribution is -0.120. The van der Waals surface area contributed by atoms with Gasteiger partial charge in [-0.15, -0.1) is 0 Å². The van der Waals surface area contributed by atoms with Crippen molar-refractivity contribution < 1.29 is 9.53 Å². The molecule has 3 N–H and O–H groups in total. The molecule has 0 aliphatic carbocycles. The molecule has 0 bridgehead atoms. The molecule has 1 fully saturated rings. The van der Waals surface area contributed by atoms with Gasteiger partial charge in [0.2, 0.25) is 5.91 Å². The molecular weight excluding hydrogens is 254 g/mol. The van der Waals surface area contributed by atoms with Crippen molar-refractivity contribution in [3.63, 3.8) is 0 Å². The third-order valence-corrected chi connectivity index (χ3v) is 3.67. The summed E-state index contributed by atoms with van der Waals surface area (Å²) in [5.41, 5.74) is 4.37. The number of nitrogens with two attached hydrogens (primary N) is 1. The second-order valence-corrected chi connectivity index (χ2v) is 5.48. The highest BCUT2D eigenvalue weighted by Crippen LogP contribution is 2.16. The fourth-order valence-corrected chi connectivity index (χ4v) is 2.43. The molecule has 0 aromatic heterocycles. The van der Waals surface area contributed by atoms with E-state index in [1.54, 1.807) is 0 Å². The number of rotatable bonds is 4. The highest BCUT2D eigenvalue weighted by Gasteiger charge is 2.23. The number of ether oxygens (including phenoxy) is 1. The Kier molecular flexibility index (Phi) is 5.11. The summed E-state index contributed by atoms with van der Waals surface area (Å²) in [5.74, 6) is 4.91. The summed E-state index contributed by atoms with van der Waals surface area (Å²) in [6.07, 6.45) is 0.612. The van der Waals surface area contributed by atoms with Gasteiger partial charge in [-0.25, -0.2) is 5.84 Å². The summed E-state index contributed by atoms with van der Waals surface area (Å²) in [7, 11) is 0. The van der Waals surface area contributed by atoms with Crippen LogP contribution in [-0.2, 0) is 22.5 Å². The average molecular weight is 277 g/mol. The number of benzene rings is 1. The third-order valence-electron chi connectivity index (χ3n) is 3.67. The molecule has 1 amide bonds. The van der Waals surface area contributed by atoms with Crippen molar-refractivity contribution in [3.05, 3.63) is 35.4 Å². The molecule has 1 aromatic carbocycles. The lowest BCUT2D eigenvalue weighted by Gasteiger charge is -2.36. The average Bonchev–Trinajstić information content (AvgIpc) is 2.45. The second kappa shape index (κ2) is 6.83. The first-order chi connectivity index (χ1) is 9.58. The zero-order valence-corrected chi connectivity index (χ0v) is 12.1. The maximum absolute atomic E-state index is 11.2. The van der Waals surface area contributed by atoms with E-state index in [-0.39, 0.29) is 5.91 Å². The molecule has 1 saturated heterocycles. The first-order valence-electron chi connectivity index (χ1n) is 7.01. The summed E-state index contributed by atoms with van der Waals surface area (Å²) in [6, 6.07) is 8.56. The summed E-state index contributed by atoms with van der Waals surface area (Å²) in [6.45, 7) is 6.95. The minimum absolute atomic E-state index is 0.173. The Morgan fingerprint density at radius 1 is 1.35 bits per heavy atom. The normalized spacial score (nSPS) is 23.6. The zero-order chi connectivity index (χ0) is 14.5. The highest BCUT2D eigenvalue weighted by atomic mass is 16.5. The van der Waals surface area contributed by atoms with Crippen LogP contribution in [0.3, 0.4) is 0 Å². The SMILES string of the molecule is CC1CN(Cc2ccc(CC(=O)NN)cc2)C(C)CO1. The van der Waals surface area contributed by atoms with Gasteiger partial charge in [-0.05, 0) is 25.0 Å². The number of nitrogens with one attached hydrogen (secondary N) is 1. The topological polar surface area (TPSA) is 67.6 Å². The van der Waals surface area contributed by atoms with E-state index in [1.165, 1.54) is 5.56 Å². The van der Waals surface area contributed by atoms with Gasteiger partial charge in [0.05, 0.1) is 19.1 Å². The van der Waals surface area contributed by atoms with E-state index < -0.39 is 0 Å². The molecule has 5 heteroatoms. The third kappa shape index (κ3) is 4.03. The molecule has 2 rings (SSSR count).